The number of hydrogen-bond donors (Lipinski definition) is 1. The number of hydrogen-bond acceptors (Lipinski definition) is 5. The molecule has 1 atom stereocenters. The maximum atomic E-state index is 12.3. The molecule has 6 nitrogen and oxygen atoms in total. The first-order valence-corrected chi connectivity index (χ1v) is 9.56. The Morgan fingerprint density at radius 1 is 1.10 bits per heavy atom. The van der Waals surface area contributed by atoms with Gasteiger partial charge in [-0.2, -0.15) is 0 Å². The summed E-state index contributed by atoms with van der Waals surface area (Å²) in [6.07, 6.45) is 3.41. The van der Waals surface area contributed by atoms with Crippen LogP contribution in [-0.4, -0.2) is 23.5 Å². The SMILES string of the molecule is CC(C)C[C@H](NC(=O)COC(=O)/C=C/c1nc2ccccc2o1)c1ccccc1. The molecule has 0 saturated heterocycles. The van der Waals surface area contributed by atoms with Crippen LogP contribution in [0.15, 0.2) is 65.1 Å². The van der Waals surface area contributed by atoms with Crippen molar-refractivity contribution in [1.82, 2.24) is 10.3 Å². The second-order valence-electron chi connectivity index (χ2n) is 7.12. The third-order valence-corrected chi connectivity index (χ3v) is 4.26. The molecule has 0 spiro atoms. The highest BCUT2D eigenvalue weighted by Crippen LogP contribution is 2.21. The minimum atomic E-state index is -0.637. The van der Waals surface area contributed by atoms with E-state index in [1.165, 1.54) is 12.2 Å². The highest BCUT2D eigenvalue weighted by atomic mass is 16.5. The first-order valence-electron chi connectivity index (χ1n) is 9.56. The zero-order valence-corrected chi connectivity index (χ0v) is 16.5. The molecule has 0 saturated carbocycles. The Morgan fingerprint density at radius 2 is 1.83 bits per heavy atom. The van der Waals surface area contributed by atoms with Gasteiger partial charge in [0.1, 0.15) is 5.52 Å². The molecule has 3 rings (SSSR count). The number of carbonyl (C=O) groups is 2. The summed E-state index contributed by atoms with van der Waals surface area (Å²) in [6, 6.07) is 16.9. The van der Waals surface area contributed by atoms with Gasteiger partial charge in [0, 0.05) is 12.2 Å². The number of benzene rings is 2. The van der Waals surface area contributed by atoms with Crippen molar-refractivity contribution in [2.45, 2.75) is 26.3 Å². The number of nitrogens with zero attached hydrogens (tertiary/aromatic N) is 1. The molecule has 0 aliphatic rings. The van der Waals surface area contributed by atoms with Crippen LogP contribution in [0.1, 0.15) is 37.8 Å². The maximum absolute atomic E-state index is 12.3. The average molecular weight is 392 g/mol. The van der Waals surface area contributed by atoms with Crippen molar-refractivity contribution in [3.05, 3.63) is 72.1 Å². The Morgan fingerprint density at radius 3 is 2.55 bits per heavy atom. The lowest BCUT2D eigenvalue weighted by molar-refractivity contribution is -0.144. The van der Waals surface area contributed by atoms with E-state index in [1.807, 2.05) is 48.5 Å². The van der Waals surface area contributed by atoms with Crippen molar-refractivity contribution in [1.29, 1.82) is 0 Å². The van der Waals surface area contributed by atoms with Gasteiger partial charge in [-0.15, -0.1) is 0 Å². The fraction of sp³-hybridized carbons (Fsp3) is 0.261. The summed E-state index contributed by atoms with van der Waals surface area (Å²) in [5.74, 6) is -0.276. The smallest absolute Gasteiger partial charge is 0.331 e. The number of nitrogens with one attached hydrogen (secondary N) is 1. The van der Waals surface area contributed by atoms with E-state index in [4.69, 9.17) is 9.15 Å². The number of para-hydroxylation sites is 2. The van der Waals surface area contributed by atoms with Crippen molar-refractivity contribution in [2.24, 2.45) is 5.92 Å². The van der Waals surface area contributed by atoms with Crippen LogP contribution in [0.2, 0.25) is 0 Å². The predicted molar refractivity (Wildman–Crippen MR) is 111 cm³/mol. The Kier molecular flexibility index (Phi) is 6.79. The second-order valence-corrected chi connectivity index (χ2v) is 7.12. The topological polar surface area (TPSA) is 81.4 Å². The molecule has 6 heteroatoms. The van der Waals surface area contributed by atoms with Crippen LogP contribution >= 0.6 is 0 Å². The van der Waals surface area contributed by atoms with E-state index in [9.17, 15) is 9.59 Å². The van der Waals surface area contributed by atoms with Crippen molar-refractivity contribution in [3.8, 4) is 0 Å². The summed E-state index contributed by atoms with van der Waals surface area (Å²) in [6.45, 7) is 3.84. The zero-order chi connectivity index (χ0) is 20.6. The predicted octanol–water partition coefficient (Wildman–Crippen LogP) is 4.29. The van der Waals surface area contributed by atoms with Crippen molar-refractivity contribution >= 4 is 29.1 Å². The third kappa shape index (κ3) is 6.04. The number of ether oxygens (including phenoxy) is 1. The lowest BCUT2D eigenvalue weighted by atomic mass is 9.97. The maximum Gasteiger partial charge on any atom is 0.331 e. The molecule has 0 fully saturated rings. The minimum absolute atomic E-state index is 0.127. The molecule has 0 bridgehead atoms. The minimum Gasteiger partial charge on any atom is -0.452 e. The fourth-order valence-corrected chi connectivity index (χ4v) is 2.96. The van der Waals surface area contributed by atoms with Crippen molar-refractivity contribution in [2.75, 3.05) is 6.61 Å². The van der Waals surface area contributed by atoms with Crippen LogP contribution in [0.25, 0.3) is 17.2 Å². The van der Waals surface area contributed by atoms with Gasteiger partial charge in [0.15, 0.2) is 12.2 Å². The highest BCUT2D eigenvalue weighted by molar-refractivity contribution is 5.89. The third-order valence-electron chi connectivity index (χ3n) is 4.26. The van der Waals surface area contributed by atoms with Crippen molar-refractivity contribution < 1.29 is 18.7 Å². The molecular weight excluding hydrogens is 368 g/mol. The largest absolute Gasteiger partial charge is 0.452 e. The summed E-state index contributed by atoms with van der Waals surface area (Å²) >= 11 is 0. The summed E-state index contributed by atoms with van der Waals surface area (Å²) in [5, 5.41) is 2.94. The Hall–Kier alpha value is -3.41. The van der Waals surface area contributed by atoms with Gasteiger partial charge in [-0.1, -0.05) is 56.3 Å². The average Bonchev–Trinajstić information content (AvgIpc) is 3.13. The monoisotopic (exact) mass is 392 g/mol. The molecule has 0 unspecified atom stereocenters. The van der Waals surface area contributed by atoms with Crippen LogP contribution in [0.3, 0.4) is 0 Å². The molecule has 3 aromatic rings. The van der Waals surface area contributed by atoms with E-state index in [2.05, 4.69) is 24.1 Å². The number of fused-ring (bicyclic) bond motifs is 1. The Balaban J connectivity index is 1.52. The molecule has 0 aliphatic heterocycles. The number of rotatable bonds is 8. The van der Waals surface area contributed by atoms with Gasteiger partial charge in [-0.3, -0.25) is 4.79 Å². The zero-order valence-electron chi connectivity index (χ0n) is 16.5. The number of oxazole rings is 1. The Bertz CT molecular complexity index is 959. The molecule has 1 heterocycles. The number of carbonyl (C=O) groups excluding carboxylic acids is 2. The summed E-state index contributed by atoms with van der Waals surface area (Å²) < 4.78 is 10.5. The van der Waals surface area contributed by atoms with Crippen LogP contribution in [0.5, 0.6) is 0 Å². The summed E-state index contributed by atoms with van der Waals surface area (Å²) in [4.78, 5) is 28.4. The van der Waals surface area contributed by atoms with E-state index in [1.54, 1.807) is 6.07 Å². The van der Waals surface area contributed by atoms with Gasteiger partial charge >= 0.3 is 5.97 Å². The molecule has 1 N–H and O–H groups in total. The quantitative estimate of drug-likeness (QED) is 0.457. The highest BCUT2D eigenvalue weighted by Gasteiger charge is 2.16. The molecule has 29 heavy (non-hydrogen) atoms. The van der Waals surface area contributed by atoms with Crippen LogP contribution in [0.4, 0.5) is 0 Å². The first kappa shape index (κ1) is 20.3. The van der Waals surface area contributed by atoms with Gasteiger partial charge in [-0.25, -0.2) is 9.78 Å². The molecule has 1 aromatic heterocycles. The van der Waals surface area contributed by atoms with Crippen LogP contribution in [0, 0.1) is 5.92 Å². The van der Waals surface area contributed by atoms with E-state index in [-0.39, 0.29) is 18.6 Å². The van der Waals surface area contributed by atoms with Gasteiger partial charge in [0.05, 0.1) is 6.04 Å². The molecule has 150 valence electrons. The normalized spacial score (nSPS) is 12.4. The van der Waals surface area contributed by atoms with Crippen LogP contribution in [-0.2, 0) is 14.3 Å². The molecule has 0 aliphatic carbocycles. The van der Waals surface area contributed by atoms with E-state index >= 15 is 0 Å². The van der Waals surface area contributed by atoms with Gasteiger partial charge in [-0.05, 0) is 30.0 Å². The lowest BCUT2D eigenvalue weighted by Crippen LogP contribution is -2.33. The summed E-state index contributed by atoms with van der Waals surface area (Å²) in [7, 11) is 0. The van der Waals surface area contributed by atoms with E-state index < -0.39 is 5.97 Å². The number of esters is 1. The first-order chi connectivity index (χ1) is 14.0. The second kappa shape index (κ2) is 9.68. The van der Waals surface area contributed by atoms with E-state index in [0.29, 0.717) is 22.9 Å². The summed E-state index contributed by atoms with van der Waals surface area (Å²) in [5.41, 5.74) is 2.37. The molecule has 0 radical (unpaired) electrons. The standard InChI is InChI=1S/C23H24N2O4/c1-16(2)14-19(17-8-4-3-5-9-17)24-21(26)15-28-23(27)13-12-22-25-18-10-6-7-11-20(18)29-22/h3-13,16,19H,14-15H2,1-2H3,(H,24,26)/b13-12+/t19-/m0/s1. The number of amides is 1. The molecule has 1 amide bonds. The van der Waals surface area contributed by atoms with E-state index in [0.717, 1.165) is 12.0 Å². The lowest BCUT2D eigenvalue weighted by Gasteiger charge is -2.21. The van der Waals surface area contributed by atoms with Gasteiger partial charge in [0.2, 0.25) is 5.89 Å². The fourth-order valence-electron chi connectivity index (χ4n) is 2.96. The van der Waals surface area contributed by atoms with Crippen molar-refractivity contribution in [3.63, 3.8) is 0 Å². The van der Waals surface area contributed by atoms with Gasteiger partial charge in [0.25, 0.3) is 5.91 Å². The molecule has 2 aromatic carbocycles. The van der Waals surface area contributed by atoms with Gasteiger partial charge < -0.3 is 14.5 Å². The van der Waals surface area contributed by atoms with Crippen LogP contribution < -0.4 is 5.32 Å². The Labute approximate surface area is 169 Å². The molecular formula is C23H24N2O4. The number of aromatic nitrogens is 1.